The third kappa shape index (κ3) is 3.95. The summed E-state index contributed by atoms with van der Waals surface area (Å²) in [7, 11) is -2.57. The van der Waals surface area contributed by atoms with Gasteiger partial charge in [0.15, 0.2) is 0 Å². The van der Waals surface area contributed by atoms with Gasteiger partial charge >= 0.3 is 0 Å². The molecule has 4 aromatic rings. The van der Waals surface area contributed by atoms with E-state index in [0.717, 1.165) is 21.6 Å². The van der Waals surface area contributed by atoms with Crippen molar-refractivity contribution >= 4 is 28.7 Å². The highest BCUT2D eigenvalue weighted by Gasteiger charge is 2.28. The summed E-state index contributed by atoms with van der Waals surface area (Å²) >= 11 is 0. The van der Waals surface area contributed by atoms with E-state index < -0.39 is 7.05 Å². The Morgan fingerprint density at radius 1 is 0.469 bits per heavy atom. The van der Waals surface area contributed by atoms with Crippen LogP contribution in [-0.2, 0) is 0 Å². The number of hydrogen-bond donors (Lipinski definition) is 0. The normalized spacial score (nSPS) is 10.4. The van der Waals surface area contributed by atoms with E-state index in [2.05, 4.69) is 18.2 Å². The molecule has 0 N–H and O–H groups in total. The molecule has 0 aromatic heterocycles. The Labute approximate surface area is 187 Å². The highest BCUT2D eigenvalue weighted by Crippen LogP contribution is 2.49. The van der Waals surface area contributed by atoms with Gasteiger partial charge in [0.05, 0.1) is 47.6 Å². The Bertz CT molecular complexity index is 1270. The first-order valence-corrected chi connectivity index (χ1v) is 11.6. The lowest BCUT2D eigenvalue weighted by molar-refractivity contribution is 1.48. The zero-order chi connectivity index (χ0) is 22.4. The monoisotopic (exact) mass is 428 g/mol. The number of nitriles is 3. The average molecular weight is 428 g/mol. The molecule has 4 nitrogen and oxygen atoms in total. The number of nitrogens with zero attached hydrogens (tertiary/aromatic N) is 4. The molecule has 0 aliphatic rings. The molecule has 150 valence electrons. The Morgan fingerprint density at radius 3 is 1.12 bits per heavy atom. The summed E-state index contributed by atoms with van der Waals surface area (Å²) < 4.78 is 5.33. The molecule has 0 amide bonds. The quantitative estimate of drug-likeness (QED) is 0.424. The lowest BCUT2D eigenvalue weighted by Crippen LogP contribution is -2.25. The lowest BCUT2D eigenvalue weighted by atomic mass is 10.2. The fourth-order valence-corrected chi connectivity index (χ4v) is 7.01. The molecular formula is C27H17N4P. The van der Waals surface area contributed by atoms with Gasteiger partial charge in [0.25, 0.3) is 0 Å². The van der Waals surface area contributed by atoms with Crippen LogP contribution in [-0.4, -0.2) is 0 Å². The molecule has 0 radical (unpaired) electrons. The fraction of sp³-hybridized carbons (Fsp3) is 0. The van der Waals surface area contributed by atoms with E-state index in [-0.39, 0.29) is 0 Å². The minimum atomic E-state index is -2.57. The maximum Gasteiger partial charge on any atom is 0.0991 e. The minimum absolute atomic E-state index is 0.575. The van der Waals surface area contributed by atoms with Crippen LogP contribution in [0.2, 0.25) is 0 Å². The van der Waals surface area contributed by atoms with Crippen molar-refractivity contribution in [2.75, 3.05) is 0 Å². The number of rotatable bonds is 4. The SMILES string of the molecule is N#Cc1ccc(P(=Nc2ccccc2)(c2ccc(C#N)cc2)c2ccc(C#N)cc2)cc1. The molecule has 32 heavy (non-hydrogen) atoms. The van der Waals surface area contributed by atoms with E-state index in [4.69, 9.17) is 4.74 Å². The first-order chi connectivity index (χ1) is 15.7. The van der Waals surface area contributed by atoms with E-state index in [1.165, 1.54) is 0 Å². The van der Waals surface area contributed by atoms with E-state index in [0.29, 0.717) is 16.7 Å². The van der Waals surface area contributed by atoms with Gasteiger partial charge in [0, 0.05) is 15.9 Å². The van der Waals surface area contributed by atoms with Crippen LogP contribution in [0.25, 0.3) is 0 Å². The van der Waals surface area contributed by atoms with Crippen molar-refractivity contribution in [3.63, 3.8) is 0 Å². The molecule has 5 heteroatoms. The molecule has 0 fully saturated rings. The van der Waals surface area contributed by atoms with Gasteiger partial charge in [-0.3, -0.25) is 4.74 Å². The van der Waals surface area contributed by atoms with Gasteiger partial charge in [-0.2, -0.15) is 15.8 Å². The maximum atomic E-state index is 9.29. The third-order valence-electron chi connectivity index (χ3n) is 5.13. The molecule has 0 bridgehead atoms. The first kappa shape index (κ1) is 20.8. The molecular weight excluding hydrogens is 411 g/mol. The second-order valence-corrected chi connectivity index (χ2v) is 10.1. The van der Waals surface area contributed by atoms with E-state index in [1.807, 2.05) is 66.7 Å². The topological polar surface area (TPSA) is 83.7 Å². The van der Waals surface area contributed by atoms with Gasteiger partial charge in [0.1, 0.15) is 0 Å². The lowest BCUT2D eigenvalue weighted by Gasteiger charge is -2.27. The summed E-state index contributed by atoms with van der Waals surface area (Å²) in [5.74, 6) is 0. The van der Waals surface area contributed by atoms with Crippen molar-refractivity contribution in [1.82, 2.24) is 0 Å². The van der Waals surface area contributed by atoms with Crippen molar-refractivity contribution in [2.45, 2.75) is 0 Å². The molecule has 0 saturated carbocycles. The Morgan fingerprint density at radius 2 is 0.812 bits per heavy atom. The van der Waals surface area contributed by atoms with Crippen LogP contribution in [0, 0.1) is 34.0 Å². The zero-order valence-electron chi connectivity index (χ0n) is 17.1. The number of hydrogen-bond acceptors (Lipinski definition) is 4. The molecule has 0 saturated heterocycles. The van der Waals surface area contributed by atoms with Crippen molar-refractivity contribution < 1.29 is 0 Å². The minimum Gasteiger partial charge on any atom is -0.254 e. The molecule has 0 heterocycles. The summed E-state index contributed by atoms with van der Waals surface area (Å²) in [6, 6.07) is 38.8. The van der Waals surface area contributed by atoms with E-state index in [9.17, 15) is 15.8 Å². The summed E-state index contributed by atoms with van der Waals surface area (Å²) in [6.45, 7) is 0. The van der Waals surface area contributed by atoms with Crippen molar-refractivity contribution in [2.24, 2.45) is 4.74 Å². The second-order valence-electron chi connectivity index (χ2n) is 7.05. The average Bonchev–Trinajstić information content (AvgIpc) is 2.88. The standard InChI is InChI=1S/C27H17N4P/c28-18-21-6-12-25(13-7-21)32(31-24-4-2-1-3-5-24,26-14-8-22(19-29)9-15-26)27-16-10-23(20-30)11-17-27/h1-17H. The molecule has 4 rings (SSSR count). The van der Waals surface area contributed by atoms with Crippen LogP contribution in [0.4, 0.5) is 5.69 Å². The number of benzene rings is 4. The van der Waals surface area contributed by atoms with Crippen LogP contribution in [0.1, 0.15) is 16.7 Å². The molecule has 0 atom stereocenters. The van der Waals surface area contributed by atoms with Gasteiger partial charge in [-0.25, -0.2) is 0 Å². The predicted molar refractivity (Wildman–Crippen MR) is 128 cm³/mol. The third-order valence-corrected chi connectivity index (χ3v) is 8.80. The van der Waals surface area contributed by atoms with Crippen LogP contribution in [0.15, 0.2) is 108 Å². The van der Waals surface area contributed by atoms with Crippen molar-refractivity contribution in [3.8, 4) is 18.2 Å². The molecule has 0 spiro atoms. The largest absolute Gasteiger partial charge is 0.254 e. The van der Waals surface area contributed by atoms with Gasteiger partial charge in [-0.1, -0.05) is 54.6 Å². The summed E-state index contributed by atoms with van der Waals surface area (Å²) in [5, 5.41) is 30.8. The highest BCUT2D eigenvalue weighted by molar-refractivity contribution is 7.87. The summed E-state index contributed by atoms with van der Waals surface area (Å²) in [4.78, 5) is 0. The molecule has 4 aromatic carbocycles. The fourth-order valence-electron chi connectivity index (χ4n) is 3.54. The van der Waals surface area contributed by atoms with E-state index >= 15 is 0 Å². The van der Waals surface area contributed by atoms with Crippen LogP contribution in [0.3, 0.4) is 0 Å². The maximum absolute atomic E-state index is 9.29. The van der Waals surface area contributed by atoms with Crippen LogP contribution >= 0.6 is 7.05 Å². The summed E-state index contributed by atoms with van der Waals surface area (Å²) in [5.41, 5.74) is 2.56. The second kappa shape index (κ2) is 9.16. The Kier molecular flexibility index (Phi) is 5.96. The molecule has 0 unspecified atom stereocenters. The van der Waals surface area contributed by atoms with Crippen molar-refractivity contribution in [1.29, 1.82) is 15.8 Å². The van der Waals surface area contributed by atoms with E-state index in [1.54, 1.807) is 36.4 Å². The molecule has 0 aliphatic carbocycles. The van der Waals surface area contributed by atoms with Crippen molar-refractivity contribution in [3.05, 3.63) is 120 Å². The van der Waals surface area contributed by atoms with Crippen LogP contribution in [0.5, 0.6) is 0 Å². The highest BCUT2D eigenvalue weighted by atomic mass is 31.2. The predicted octanol–water partition coefficient (Wildman–Crippen LogP) is 5.11. The van der Waals surface area contributed by atoms with Gasteiger partial charge in [-0.15, -0.1) is 0 Å². The first-order valence-electron chi connectivity index (χ1n) is 9.89. The van der Waals surface area contributed by atoms with Gasteiger partial charge in [-0.05, 0) is 48.5 Å². The smallest absolute Gasteiger partial charge is 0.0991 e. The van der Waals surface area contributed by atoms with Gasteiger partial charge < -0.3 is 0 Å². The Hall–Kier alpha value is -4.42. The Balaban J connectivity index is 2.11. The zero-order valence-corrected chi connectivity index (χ0v) is 17.9. The summed E-state index contributed by atoms with van der Waals surface area (Å²) in [6.07, 6.45) is 0. The van der Waals surface area contributed by atoms with Gasteiger partial charge in [0.2, 0.25) is 0 Å². The van der Waals surface area contributed by atoms with Crippen LogP contribution < -0.4 is 15.9 Å². The molecule has 0 aliphatic heterocycles.